The van der Waals surface area contributed by atoms with E-state index in [2.05, 4.69) is 0 Å². The molecule has 1 aromatic rings. The summed E-state index contributed by atoms with van der Waals surface area (Å²) in [6.45, 7) is 0.541. The van der Waals surface area contributed by atoms with E-state index < -0.39 is 12.1 Å². The highest BCUT2D eigenvalue weighted by molar-refractivity contribution is 5.96. The van der Waals surface area contributed by atoms with Crippen molar-refractivity contribution in [1.82, 2.24) is 4.90 Å². The van der Waals surface area contributed by atoms with Crippen LogP contribution in [0.3, 0.4) is 0 Å². The lowest BCUT2D eigenvalue weighted by Crippen LogP contribution is -2.30. The molecule has 19 heavy (non-hydrogen) atoms. The first-order valence-electron chi connectivity index (χ1n) is 5.44. The van der Waals surface area contributed by atoms with Gasteiger partial charge in [-0.15, -0.1) is 0 Å². The summed E-state index contributed by atoms with van der Waals surface area (Å²) < 4.78 is 41.6. The van der Waals surface area contributed by atoms with E-state index in [9.17, 15) is 18.0 Å². The second-order valence-corrected chi connectivity index (χ2v) is 4.22. The molecule has 0 heterocycles. The number of ether oxygens (including phenoxy) is 1. The second-order valence-electron chi connectivity index (χ2n) is 4.22. The molecule has 1 rings (SSSR count). The predicted molar refractivity (Wildman–Crippen MR) is 65.1 cm³/mol. The quantitative estimate of drug-likeness (QED) is 0.917. The summed E-state index contributed by atoms with van der Waals surface area (Å²) in [6.07, 6.45) is -4.93. The monoisotopic (exact) mass is 276 g/mol. The van der Waals surface area contributed by atoms with Crippen LogP contribution < -0.4 is 10.1 Å². The topological polar surface area (TPSA) is 41.6 Å². The summed E-state index contributed by atoms with van der Waals surface area (Å²) in [5, 5.41) is 1.81. The molecule has 0 aromatic heterocycles. The van der Waals surface area contributed by atoms with E-state index in [1.165, 1.54) is 19.2 Å². The van der Waals surface area contributed by atoms with Crippen LogP contribution in [-0.2, 0) is 11.3 Å². The van der Waals surface area contributed by atoms with E-state index in [0.29, 0.717) is 6.54 Å². The fraction of sp³-hybridized carbons (Fsp3) is 0.417. The molecule has 0 aliphatic carbocycles. The van der Waals surface area contributed by atoms with Crippen molar-refractivity contribution in [2.45, 2.75) is 12.7 Å². The highest BCUT2D eigenvalue weighted by atomic mass is 19.4. The summed E-state index contributed by atoms with van der Waals surface area (Å²) in [6, 6.07) is 4.70. The Hall–Kier alpha value is -1.76. The van der Waals surface area contributed by atoms with Crippen LogP contribution in [0, 0.1) is 0 Å². The second kappa shape index (κ2) is 5.92. The van der Waals surface area contributed by atoms with Gasteiger partial charge in [-0.3, -0.25) is 4.79 Å². The van der Waals surface area contributed by atoms with Gasteiger partial charge < -0.3 is 15.0 Å². The lowest BCUT2D eigenvalue weighted by Gasteiger charge is -2.15. The summed E-state index contributed by atoms with van der Waals surface area (Å²) >= 11 is 0. The number of hydrogen-bond acceptors (Lipinski definition) is 3. The number of nitrogens with zero attached hydrogens (tertiary/aromatic N) is 1. The van der Waals surface area contributed by atoms with Crippen molar-refractivity contribution in [2.24, 2.45) is 0 Å². The lowest BCUT2D eigenvalue weighted by molar-refractivity contribution is -0.167. The molecule has 0 spiro atoms. The minimum atomic E-state index is -4.93. The summed E-state index contributed by atoms with van der Waals surface area (Å²) in [7, 11) is 4.99. The minimum Gasteiger partial charge on any atom is -0.495 e. The molecule has 0 aliphatic rings. The molecule has 0 bridgehead atoms. The van der Waals surface area contributed by atoms with E-state index in [1.54, 1.807) is 6.07 Å². The Bertz CT molecular complexity index is 459. The average Bonchev–Trinajstić information content (AvgIpc) is 2.27. The molecule has 0 radical (unpaired) electrons. The molecular formula is C12H15F3N2O2. The molecule has 0 unspecified atom stereocenters. The van der Waals surface area contributed by atoms with Crippen molar-refractivity contribution in [3.63, 3.8) is 0 Å². The maximum atomic E-state index is 12.2. The Balaban J connectivity index is 2.99. The van der Waals surface area contributed by atoms with Crippen molar-refractivity contribution in [3.05, 3.63) is 23.8 Å². The van der Waals surface area contributed by atoms with Gasteiger partial charge in [-0.25, -0.2) is 0 Å². The zero-order chi connectivity index (χ0) is 14.6. The SMILES string of the molecule is COc1ccc(CN(C)C)cc1NC(=O)C(F)(F)F. The first kappa shape index (κ1) is 15.3. The third-order valence-corrected chi connectivity index (χ3v) is 2.27. The van der Waals surface area contributed by atoms with E-state index >= 15 is 0 Å². The van der Waals surface area contributed by atoms with E-state index in [-0.39, 0.29) is 11.4 Å². The number of anilines is 1. The van der Waals surface area contributed by atoms with Gasteiger partial charge in [0.25, 0.3) is 0 Å². The Morgan fingerprint density at radius 1 is 1.37 bits per heavy atom. The maximum Gasteiger partial charge on any atom is 0.471 e. The van der Waals surface area contributed by atoms with Gasteiger partial charge in [0.2, 0.25) is 0 Å². The number of nitrogens with one attached hydrogen (secondary N) is 1. The molecule has 7 heteroatoms. The van der Waals surface area contributed by atoms with Crippen LogP contribution in [0.1, 0.15) is 5.56 Å². The predicted octanol–water partition coefficient (Wildman–Crippen LogP) is 2.26. The molecule has 106 valence electrons. The number of halogens is 3. The van der Waals surface area contributed by atoms with Crippen LogP contribution in [0.4, 0.5) is 18.9 Å². The molecule has 4 nitrogen and oxygen atoms in total. The number of carbonyl (C=O) groups is 1. The fourth-order valence-corrected chi connectivity index (χ4v) is 1.51. The number of alkyl halides is 3. The van der Waals surface area contributed by atoms with Crippen LogP contribution in [-0.4, -0.2) is 38.2 Å². The highest BCUT2D eigenvalue weighted by Gasteiger charge is 2.39. The Kier molecular flexibility index (Phi) is 4.77. The number of carbonyl (C=O) groups excluding carboxylic acids is 1. The van der Waals surface area contributed by atoms with Crippen molar-refractivity contribution in [3.8, 4) is 5.75 Å². The van der Waals surface area contributed by atoms with E-state index in [0.717, 1.165) is 5.56 Å². The minimum absolute atomic E-state index is 0.00387. The molecule has 1 aromatic carbocycles. The molecule has 0 saturated heterocycles. The Morgan fingerprint density at radius 3 is 2.47 bits per heavy atom. The third-order valence-electron chi connectivity index (χ3n) is 2.27. The molecule has 1 N–H and O–H groups in total. The summed E-state index contributed by atoms with van der Waals surface area (Å²) in [4.78, 5) is 12.8. The Morgan fingerprint density at radius 2 is 2.00 bits per heavy atom. The van der Waals surface area contributed by atoms with E-state index in [1.807, 2.05) is 24.3 Å². The zero-order valence-corrected chi connectivity index (χ0v) is 10.8. The van der Waals surface area contributed by atoms with Gasteiger partial charge in [-0.1, -0.05) is 6.07 Å². The third kappa shape index (κ3) is 4.44. The molecular weight excluding hydrogens is 261 g/mol. The largest absolute Gasteiger partial charge is 0.495 e. The lowest BCUT2D eigenvalue weighted by atomic mass is 10.1. The van der Waals surface area contributed by atoms with Crippen molar-refractivity contribution < 1.29 is 22.7 Å². The Labute approximate surface area is 109 Å². The molecule has 0 fully saturated rings. The number of hydrogen-bond donors (Lipinski definition) is 1. The van der Waals surface area contributed by atoms with Crippen molar-refractivity contribution in [1.29, 1.82) is 0 Å². The zero-order valence-electron chi connectivity index (χ0n) is 10.8. The number of benzene rings is 1. The fourth-order valence-electron chi connectivity index (χ4n) is 1.51. The number of amides is 1. The van der Waals surface area contributed by atoms with Gasteiger partial charge >= 0.3 is 12.1 Å². The van der Waals surface area contributed by atoms with Crippen LogP contribution in [0.25, 0.3) is 0 Å². The number of methoxy groups -OCH3 is 1. The smallest absolute Gasteiger partial charge is 0.471 e. The van der Waals surface area contributed by atoms with Gasteiger partial charge in [0.15, 0.2) is 0 Å². The maximum absolute atomic E-state index is 12.2. The van der Waals surface area contributed by atoms with E-state index in [4.69, 9.17) is 4.74 Å². The van der Waals surface area contributed by atoms with Crippen molar-refractivity contribution >= 4 is 11.6 Å². The highest BCUT2D eigenvalue weighted by Crippen LogP contribution is 2.28. The molecule has 1 amide bonds. The summed E-state index contributed by atoms with van der Waals surface area (Å²) in [5.41, 5.74) is 0.771. The van der Waals surface area contributed by atoms with Gasteiger partial charge in [0, 0.05) is 6.54 Å². The normalized spacial score (nSPS) is 11.5. The average molecular weight is 276 g/mol. The van der Waals surface area contributed by atoms with Crippen LogP contribution in [0.15, 0.2) is 18.2 Å². The van der Waals surface area contributed by atoms with Crippen LogP contribution in [0.2, 0.25) is 0 Å². The standard InChI is InChI=1S/C12H15F3N2O2/c1-17(2)7-8-4-5-10(19-3)9(6-8)16-11(18)12(13,14)15/h4-6H,7H2,1-3H3,(H,16,18). The van der Waals surface area contributed by atoms with Crippen molar-refractivity contribution in [2.75, 3.05) is 26.5 Å². The molecule has 0 aliphatic heterocycles. The van der Waals surface area contributed by atoms with Gasteiger partial charge in [-0.2, -0.15) is 13.2 Å². The van der Waals surface area contributed by atoms with Crippen LogP contribution in [0.5, 0.6) is 5.75 Å². The first-order valence-corrected chi connectivity index (χ1v) is 5.44. The molecule has 0 saturated carbocycles. The summed E-state index contributed by atoms with van der Waals surface area (Å²) in [5.74, 6) is -1.84. The molecule has 0 atom stereocenters. The van der Waals surface area contributed by atoms with Crippen LogP contribution >= 0.6 is 0 Å². The van der Waals surface area contributed by atoms with Gasteiger partial charge in [-0.05, 0) is 31.8 Å². The van der Waals surface area contributed by atoms with Gasteiger partial charge in [0.05, 0.1) is 12.8 Å². The number of rotatable bonds is 4. The first-order chi connectivity index (χ1) is 8.74. The van der Waals surface area contributed by atoms with Gasteiger partial charge in [0.1, 0.15) is 5.75 Å².